The summed E-state index contributed by atoms with van der Waals surface area (Å²) in [6, 6.07) is 3.73. The van der Waals surface area contributed by atoms with E-state index in [-0.39, 0.29) is 17.3 Å². The van der Waals surface area contributed by atoms with Crippen molar-refractivity contribution in [1.82, 2.24) is 0 Å². The molecule has 22 heavy (non-hydrogen) atoms. The molecule has 3 heteroatoms. The molecule has 4 rings (SSSR count). The molecule has 1 aliphatic heterocycles. The van der Waals surface area contributed by atoms with Gasteiger partial charge in [-0.05, 0) is 43.4 Å². The van der Waals surface area contributed by atoms with E-state index in [0.29, 0.717) is 11.7 Å². The summed E-state index contributed by atoms with van der Waals surface area (Å²) in [6.45, 7) is 4.41. The summed E-state index contributed by atoms with van der Waals surface area (Å²) >= 11 is 0. The van der Waals surface area contributed by atoms with Crippen LogP contribution in [0.4, 0.5) is 0 Å². The Kier molecular flexibility index (Phi) is 2.84. The van der Waals surface area contributed by atoms with E-state index in [1.165, 1.54) is 24.0 Å². The molecule has 1 N–H and O–H groups in total. The molecule has 1 aromatic carbocycles. The maximum absolute atomic E-state index is 10.3. The molecule has 0 aromatic heterocycles. The van der Waals surface area contributed by atoms with E-state index < -0.39 is 0 Å². The molecule has 1 aromatic rings. The Morgan fingerprint density at radius 1 is 1.32 bits per heavy atom. The van der Waals surface area contributed by atoms with E-state index in [1.807, 2.05) is 12.1 Å². The maximum Gasteiger partial charge on any atom is 0.169 e. The van der Waals surface area contributed by atoms with Gasteiger partial charge in [0.2, 0.25) is 0 Å². The minimum absolute atomic E-state index is 0.151. The van der Waals surface area contributed by atoms with Crippen LogP contribution in [0.1, 0.15) is 37.3 Å². The molecule has 2 aliphatic carbocycles. The highest BCUT2D eigenvalue weighted by Crippen LogP contribution is 2.61. The van der Waals surface area contributed by atoms with E-state index in [1.54, 1.807) is 13.2 Å². The molecule has 3 unspecified atom stereocenters. The number of fused-ring (bicyclic) bond motifs is 1. The van der Waals surface area contributed by atoms with Gasteiger partial charge in [0.25, 0.3) is 0 Å². The highest BCUT2D eigenvalue weighted by molar-refractivity contribution is 5.64. The number of phenols is 1. The van der Waals surface area contributed by atoms with Crippen LogP contribution in [-0.4, -0.2) is 18.3 Å². The van der Waals surface area contributed by atoms with Crippen LogP contribution in [0.25, 0.3) is 0 Å². The van der Waals surface area contributed by atoms with E-state index in [9.17, 15) is 5.11 Å². The average molecular weight is 298 g/mol. The predicted molar refractivity (Wildman–Crippen MR) is 85.1 cm³/mol. The standard InChI is InChI=1S/C19H22O3/c1-11-5-4-10-19-13(11)7-9-15(21-3)18(19)22-17-14(20)8-6-12(2)16(17)19/h6-9,11,18,20H,4-5,10H2,1-3H3. The normalized spacial score (nSPS) is 32.1. The van der Waals surface area contributed by atoms with Crippen LogP contribution in [-0.2, 0) is 10.2 Å². The van der Waals surface area contributed by atoms with Gasteiger partial charge in [-0.25, -0.2) is 0 Å². The zero-order chi connectivity index (χ0) is 15.5. The molecular weight excluding hydrogens is 276 g/mol. The molecule has 1 saturated carbocycles. The number of aryl methyl sites for hydroxylation is 1. The lowest BCUT2D eigenvalue weighted by Gasteiger charge is -2.45. The summed E-state index contributed by atoms with van der Waals surface area (Å²) < 4.78 is 11.9. The van der Waals surface area contributed by atoms with E-state index >= 15 is 0 Å². The third kappa shape index (κ3) is 1.52. The Labute approximate surface area is 131 Å². The molecule has 3 nitrogen and oxygen atoms in total. The van der Waals surface area contributed by atoms with Crippen LogP contribution in [0.3, 0.4) is 0 Å². The first-order chi connectivity index (χ1) is 10.6. The Balaban J connectivity index is 2.02. The Bertz CT molecular complexity index is 701. The summed E-state index contributed by atoms with van der Waals surface area (Å²) in [6.07, 6.45) is 7.54. The second-order valence-electron chi connectivity index (χ2n) is 6.76. The predicted octanol–water partition coefficient (Wildman–Crippen LogP) is 3.99. The van der Waals surface area contributed by atoms with Crippen molar-refractivity contribution in [1.29, 1.82) is 0 Å². The first kappa shape index (κ1) is 13.7. The third-order valence-corrected chi connectivity index (χ3v) is 5.65. The number of hydrogen-bond donors (Lipinski definition) is 1. The fourth-order valence-electron chi connectivity index (χ4n) is 4.72. The summed E-state index contributed by atoms with van der Waals surface area (Å²) in [5, 5.41) is 10.3. The van der Waals surface area contributed by atoms with E-state index in [4.69, 9.17) is 9.47 Å². The second-order valence-corrected chi connectivity index (χ2v) is 6.76. The number of rotatable bonds is 1. The molecule has 0 bridgehead atoms. The van der Waals surface area contributed by atoms with Gasteiger partial charge in [0.15, 0.2) is 17.6 Å². The van der Waals surface area contributed by atoms with Gasteiger partial charge in [-0.3, -0.25) is 0 Å². The molecule has 1 heterocycles. The Hall–Kier alpha value is -1.90. The second kappa shape index (κ2) is 4.55. The first-order valence-corrected chi connectivity index (χ1v) is 8.05. The van der Waals surface area contributed by atoms with Gasteiger partial charge in [0.05, 0.1) is 12.5 Å². The van der Waals surface area contributed by atoms with Gasteiger partial charge in [0.1, 0.15) is 5.76 Å². The lowest BCUT2D eigenvalue weighted by atomic mass is 9.58. The highest BCUT2D eigenvalue weighted by Gasteiger charge is 2.57. The van der Waals surface area contributed by atoms with Crippen molar-refractivity contribution >= 4 is 0 Å². The zero-order valence-corrected chi connectivity index (χ0v) is 13.3. The molecule has 3 atom stereocenters. The highest BCUT2D eigenvalue weighted by atomic mass is 16.5. The molecule has 1 spiro atoms. The summed E-state index contributed by atoms with van der Waals surface area (Å²) in [7, 11) is 1.70. The minimum Gasteiger partial charge on any atom is -0.504 e. The fraction of sp³-hybridized carbons (Fsp3) is 0.474. The number of phenolic OH excluding ortho intramolecular Hbond substituents is 1. The smallest absolute Gasteiger partial charge is 0.169 e. The largest absolute Gasteiger partial charge is 0.504 e. The molecule has 0 radical (unpaired) electrons. The molecule has 116 valence electrons. The van der Waals surface area contributed by atoms with Gasteiger partial charge in [-0.15, -0.1) is 0 Å². The molecule has 0 amide bonds. The van der Waals surface area contributed by atoms with E-state index in [0.717, 1.165) is 17.7 Å². The van der Waals surface area contributed by atoms with Crippen LogP contribution >= 0.6 is 0 Å². The number of allylic oxidation sites excluding steroid dienone is 2. The molecular formula is C19H22O3. The number of aromatic hydroxyl groups is 1. The average Bonchev–Trinajstić information content (AvgIpc) is 2.86. The lowest BCUT2D eigenvalue weighted by Crippen LogP contribution is -2.47. The Morgan fingerprint density at radius 2 is 2.14 bits per heavy atom. The maximum atomic E-state index is 10.3. The van der Waals surface area contributed by atoms with E-state index in [2.05, 4.69) is 19.9 Å². The lowest BCUT2D eigenvalue weighted by molar-refractivity contribution is 0.0988. The molecule has 0 saturated heterocycles. The number of methoxy groups -OCH3 is 1. The van der Waals surface area contributed by atoms with Crippen molar-refractivity contribution < 1.29 is 14.6 Å². The quantitative estimate of drug-likeness (QED) is 0.852. The van der Waals surface area contributed by atoms with Crippen LogP contribution in [0.15, 0.2) is 35.6 Å². The fourth-order valence-corrected chi connectivity index (χ4v) is 4.72. The van der Waals surface area contributed by atoms with Gasteiger partial charge in [-0.1, -0.05) is 31.1 Å². The van der Waals surface area contributed by atoms with Crippen molar-refractivity contribution in [3.8, 4) is 11.5 Å². The number of benzene rings is 1. The van der Waals surface area contributed by atoms with Crippen molar-refractivity contribution in [2.24, 2.45) is 5.92 Å². The monoisotopic (exact) mass is 298 g/mol. The van der Waals surface area contributed by atoms with Crippen LogP contribution < -0.4 is 4.74 Å². The summed E-state index contributed by atoms with van der Waals surface area (Å²) in [5.74, 6) is 2.27. The third-order valence-electron chi connectivity index (χ3n) is 5.65. The van der Waals surface area contributed by atoms with Crippen molar-refractivity contribution in [3.05, 3.63) is 46.7 Å². The van der Waals surface area contributed by atoms with Gasteiger partial charge in [-0.2, -0.15) is 0 Å². The number of ether oxygens (including phenoxy) is 2. The first-order valence-electron chi connectivity index (χ1n) is 8.05. The van der Waals surface area contributed by atoms with Gasteiger partial charge >= 0.3 is 0 Å². The number of hydrogen-bond acceptors (Lipinski definition) is 3. The van der Waals surface area contributed by atoms with Gasteiger partial charge < -0.3 is 14.6 Å². The molecule has 3 aliphatic rings. The summed E-state index contributed by atoms with van der Waals surface area (Å²) in [4.78, 5) is 0. The van der Waals surface area contributed by atoms with Crippen molar-refractivity contribution in [3.63, 3.8) is 0 Å². The van der Waals surface area contributed by atoms with Crippen LogP contribution in [0.2, 0.25) is 0 Å². The Morgan fingerprint density at radius 3 is 2.91 bits per heavy atom. The molecule has 1 fully saturated rings. The summed E-state index contributed by atoms with van der Waals surface area (Å²) in [5.41, 5.74) is 3.61. The topological polar surface area (TPSA) is 38.7 Å². The van der Waals surface area contributed by atoms with Crippen molar-refractivity contribution in [2.75, 3.05) is 7.11 Å². The van der Waals surface area contributed by atoms with Crippen molar-refractivity contribution in [2.45, 2.75) is 44.6 Å². The van der Waals surface area contributed by atoms with Crippen LogP contribution in [0, 0.1) is 12.8 Å². The minimum atomic E-state index is -0.171. The zero-order valence-electron chi connectivity index (χ0n) is 13.3. The van der Waals surface area contributed by atoms with Crippen LogP contribution in [0.5, 0.6) is 11.5 Å². The SMILES string of the molecule is COC1=CC=C2C(C)CCCC23c2c(C)ccc(O)c2OC13. The van der Waals surface area contributed by atoms with Gasteiger partial charge in [0, 0.05) is 5.56 Å².